The second kappa shape index (κ2) is 8.62. The molecule has 0 bridgehead atoms. The molecule has 1 aliphatic rings. The molecule has 0 aliphatic heterocycles. The highest BCUT2D eigenvalue weighted by molar-refractivity contribution is 5.74. The zero-order valence-corrected chi connectivity index (χ0v) is 16.7. The van der Waals surface area contributed by atoms with Gasteiger partial charge in [0.2, 0.25) is 0 Å². The molecule has 2 unspecified atom stereocenters. The molecule has 2 amide bonds. The van der Waals surface area contributed by atoms with Crippen molar-refractivity contribution >= 4 is 6.03 Å². The molecule has 26 heavy (non-hydrogen) atoms. The van der Waals surface area contributed by atoms with Gasteiger partial charge in [-0.1, -0.05) is 25.8 Å². The summed E-state index contributed by atoms with van der Waals surface area (Å²) in [7, 11) is 7.49. The van der Waals surface area contributed by atoms with E-state index in [4.69, 9.17) is 4.74 Å². The van der Waals surface area contributed by atoms with Gasteiger partial charge in [0.15, 0.2) is 11.5 Å². The van der Waals surface area contributed by atoms with Crippen LogP contribution in [0.3, 0.4) is 0 Å². The first-order chi connectivity index (χ1) is 12.3. The van der Waals surface area contributed by atoms with Crippen molar-refractivity contribution in [1.82, 2.24) is 15.1 Å². The van der Waals surface area contributed by atoms with Gasteiger partial charge in [-0.2, -0.15) is 0 Å². The zero-order valence-electron chi connectivity index (χ0n) is 16.7. The molecule has 2 N–H and O–H groups in total. The van der Waals surface area contributed by atoms with Crippen molar-refractivity contribution in [2.75, 3.05) is 34.8 Å². The van der Waals surface area contributed by atoms with Gasteiger partial charge >= 0.3 is 6.03 Å². The molecule has 2 rings (SSSR count). The van der Waals surface area contributed by atoms with E-state index in [0.717, 1.165) is 18.4 Å². The summed E-state index contributed by atoms with van der Waals surface area (Å²) in [6, 6.07) is 5.10. The molecule has 6 nitrogen and oxygen atoms in total. The van der Waals surface area contributed by atoms with Crippen molar-refractivity contribution in [3.05, 3.63) is 23.8 Å². The van der Waals surface area contributed by atoms with Crippen LogP contribution < -0.4 is 10.1 Å². The van der Waals surface area contributed by atoms with Crippen LogP contribution in [-0.2, 0) is 6.54 Å². The number of carbonyl (C=O) groups excluding carboxylic acids is 1. The van der Waals surface area contributed by atoms with E-state index in [1.54, 1.807) is 24.1 Å². The number of hydrogen-bond acceptors (Lipinski definition) is 4. The van der Waals surface area contributed by atoms with Crippen molar-refractivity contribution in [3.63, 3.8) is 0 Å². The molecule has 1 saturated carbocycles. The lowest BCUT2D eigenvalue weighted by molar-refractivity contribution is 0.0757. The first-order valence-electron chi connectivity index (χ1n) is 9.29. The second-order valence-electron chi connectivity index (χ2n) is 7.84. The Labute approximate surface area is 157 Å². The number of nitrogens with one attached hydrogen (secondary N) is 1. The van der Waals surface area contributed by atoms with Crippen molar-refractivity contribution < 1.29 is 14.6 Å². The molecule has 0 radical (unpaired) electrons. The Balaban J connectivity index is 1.94. The number of ether oxygens (including phenoxy) is 1. The third kappa shape index (κ3) is 4.81. The van der Waals surface area contributed by atoms with E-state index < -0.39 is 0 Å². The summed E-state index contributed by atoms with van der Waals surface area (Å²) >= 11 is 0. The average Bonchev–Trinajstić information content (AvgIpc) is 2.59. The van der Waals surface area contributed by atoms with E-state index in [0.29, 0.717) is 24.8 Å². The first-order valence-corrected chi connectivity index (χ1v) is 9.29. The van der Waals surface area contributed by atoms with E-state index in [-0.39, 0.29) is 17.3 Å². The fourth-order valence-electron chi connectivity index (χ4n) is 3.91. The van der Waals surface area contributed by atoms with Crippen LogP contribution in [0.2, 0.25) is 0 Å². The monoisotopic (exact) mass is 363 g/mol. The highest BCUT2D eigenvalue weighted by atomic mass is 16.5. The summed E-state index contributed by atoms with van der Waals surface area (Å²) in [5.41, 5.74) is 0.890. The van der Waals surface area contributed by atoms with Crippen molar-refractivity contribution in [1.29, 1.82) is 0 Å². The summed E-state index contributed by atoms with van der Waals surface area (Å²) in [5, 5.41) is 13.0. The minimum Gasteiger partial charge on any atom is -0.504 e. The van der Waals surface area contributed by atoms with E-state index in [2.05, 4.69) is 31.2 Å². The lowest BCUT2D eigenvalue weighted by Crippen LogP contribution is -2.56. The summed E-state index contributed by atoms with van der Waals surface area (Å²) in [6.45, 7) is 3.37. The molecule has 1 aromatic rings. The van der Waals surface area contributed by atoms with Crippen LogP contribution in [0.15, 0.2) is 18.2 Å². The maximum atomic E-state index is 12.6. The maximum Gasteiger partial charge on any atom is 0.317 e. The Hall–Kier alpha value is -1.95. The van der Waals surface area contributed by atoms with E-state index in [9.17, 15) is 9.90 Å². The first kappa shape index (κ1) is 20.4. The zero-order chi connectivity index (χ0) is 19.3. The van der Waals surface area contributed by atoms with Crippen LogP contribution in [0, 0.1) is 5.92 Å². The van der Waals surface area contributed by atoms with Crippen LogP contribution in [0.25, 0.3) is 0 Å². The lowest BCUT2D eigenvalue weighted by Gasteiger charge is -2.45. The Morgan fingerprint density at radius 3 is 2.69 bits per heavy atom. The van der Waals surface area contributed by atoms with Crippen molar-refractivity contribution in [3.8, 4) is 11.5 Å². The molecule has 1 aromatic carbocycles. The number of phenols is 1. The predicted octanol–water partition coefficient (Wildman–Crippen LogP) is 3.05. The van der Waals surface area contributed by atoms with Gasteiger partial charge in [-0.05, 0) is 50.6 Å². The molecule has 0 spiro atoms. The quantitative estimate of drug-likeness (QED) is 0.815. The molecule has 2 atom stereocenters. The van der Waals surface area contributed by atoms with Crippen LogP contribution >= 0.6 is 0 Å². The van der Waals surface area contributed by atoms with Crippen molar-refractivity contribution in [2.45, 2.75) is 44.7 Å². The number of carbonyl (C=O) groups is 1. The third-order valence-electron chi connectivity index (χ3n) is 5.59. The van der Waals surface area contributed by atoms with Crippen LogP contribution in [0.5, 0.6) is 11.5 Å². The number of phenolic OH excluding ortho intramolecular Hbond substituents is 1. The number of methoxy groups -OCH3 is 1. The normalized spacial score (nSPS) is 22.9. The highest BCUT2D eigenvalue weighted by Crippen LogP contribution is 2.35. The smallest absolute Gasteiger partial charge is 0.317 e. The standard InChI is InChI=1S/C20H33N3O3/c1-15-7-6-10-20(12-15,22(2)3)14-21-19(25)23(4)13-16-8-9-18(26-5)17(24)11-16/h8-9,11,15,24H,6-7,10,12-14H2,1-5H3,(H,21,25). The Morgan fingerprint density at radius 1 is 1.38 bits per heavy atom. The number of aromatic hydroxyl groups is 1. The summed E-state index contributed by atoms with van der Waals surface area (Å²) < 4.78 is 5.05. The summed E-state index contributed by atoms with van der Waals surface area (Å²) in [4.78, 5) is 16.5. The molecule has 0 aromatic heterocycles. The molecule has 0 saturated heterocycles. The van der Waals surface area contributed by atoms with Gasteiger partial charge in [-0.25, -0.2) is 4.79 Å². The number of benzene rings is 1. The number of nitrogens with zero attached hydrogens (tertiary/aromatic N) is 2. The summed E-state index contributed by atoms with van der Waals surface area (Å²) in [5.74, 6) is 1.20. The van der Waals surface area contributed by atoms with Crippen LogP contribution in [0.4, 0.5) is 4.79 Å². The molecule has 6 heteroatoms. The van der Waals surface area contributed by atoms with Gasteiger partial charge in [0.05, 0.1) is 7.11 Å². The van der Waals surface area contributed by atoms with Gasteiger partial charge in [-0.15, -0.1) is 0 Å². The van der Waals surface area contributed by atoms with Gasteiger partial charge in [0.25, 0.3) is 0 Å². The van der Waals surface area contributed by atoms with Gasteiger partial charge in [0, 0.05) is 25.7 Å². The minimum absolute atomic E-state index is 0.0343. The predicted molar refractivity (Wildman–Crippen MR) is 104 cm³/mol. The fourth-order valence-corrected chi connectivity index (χ4v) is 3.91. The van der Waals surface area contributed by atoms with Gasteiger partial charge in [-0.3, -0.25) is 0 Å². The largest absolute Gasteiger partial charge is 0.504 e. The number of amides is 2. The maximum absolute atomic E-state index is 12.6. The highest BCUT2D eigenvalue weighted by Gasteiger charge is 2.37. The molecular weight excluding hydrogens is 330 g/mol. The third-order valence-corrected chi connectivity index (χ3v) is 5.59. The molecule has 1 fully saturated rings. The lowest BCUT2D eigenvalue weighted by atomic mass is 9.75. The van der Waals surface area contributed by atoms with Crippen LogP contribution in [0.1, 0.15) is 38.2 Å². The Morgan fingerprint density at radius 2 is 2.12 bits per heavy atom. The van der Waals surface area contributed by atoms with Gasteiger partial charge in [0.1, 0.15) is 0 Å². The van der Waals surface area contributed by atoms with E-state index >= 15 is 0 Å². The average molecular weight is 364 g/mol. The topological polar surface area (TPSA) is 65.0 Å². The molecular formula is C20H33N3O3. The number of rotatable bonds is 6. The van der Waals surface area contributed by atoms with E-state index in [1.807, 2.05) is 6.07 Å². The van der Waals surface area contributed by atoms with Crippen molar-refractivity contribution in [2.24, 2.45) is 5.92 Å². The van der Waals surface area contributed by atoms with Gasteiger partial charge < -0.3 is 25.0 Å². The van der Waals surface area contributed by atoms with Crippen LogP contribution in [-0.4, -0.2) is 61.3 Å². The SMILES string of the molecule is COc1ccc(CN(C)C(=O)NCC2(N(C)C)CCCC(C)C2)cc1O. The van der Waals surface area contributed by atoms with E-state index in [1.165, 1.54) is 20.0 Å². The Kier molecular flexibility index (Phi) is 6.75. The molecule has 146 valence electrons. The number of urea groups is 1. The fraction of sp³-hybridized carbons (Fsp3) is 0.650. The summed E-state index contributed by atoms with van der Waals surface area (Å²) in [6.07, 6.45) is 4.69. The number of hydrogen-bond donors (Lipinski definition) is 2. The minimum atomic E-state index is -0.0974. The molecule has 1 aliphatic carbocycles. The molecule has 0 heterocycles. The Bertz CT molecular complexity index is 620. The number of likely N-dealkylation sites (N-methyl/N-ethyl adjacent to an activating group) is 1. The second-order valence-corrected chi connectivity index (χ2v) is 7.84.